The van der Waals surface area contributed by atoms with Crippen molar-refractivity contribution in [2.24, 2.45) is 4.99 Å². The number of hydrogen-bond donors (Lipinski definition) is 1. The Morgan fingerprint density at radius 3 is 2.64 bits per heavy atom. The fraction of sp³-hybridized carbons (Fsp3) is 0.259. The van der Waals surface area contributed by atoms with Crippen molar-refractivity contribution in [3.8, 4) is 17.2 Å². The highest BCUT2D eigenvalue weighted by Crippen LogP contribution is 2.35. The molecule has 1 atom stereocenters. The molecule has 10 nitrogen and oxygen atoms in total. The number of aromatic nitrogens is 1. The third kappa shape index (κ3) is 5.86. The second kappa shape index (κ2) is 12.0. The van der Waals surface area contributed by atoms with Crippen molar-refractivity contribution in [3.63, 3.8) is 0 Å². The number of rotatable bonds is 9. The van der Waals surface area contributed by atoms with Gasteiger partial charge < -0.3 is 24.1 Å². The van der Waals surface area contributed by atoms with E-state index >= 15 is 0 Å². The summed E-state index contributed by atoms with van der Waals surface area (Å²) < 4.78 is 24.0. The third-order valence-corrected chi connectivity index (χ3v) is 7.60. The summed E-state index contributed by atoms with van der Waals surface area (Å²) >= 11 is 3.21. The molecule has 0 fully saturated rings. The Morgan fingerprint density at radius 1 is 1.21 bits per heavy atom. The van der Waals surface area contributed by atoms with Crippen molar-refractivity contribution in [2.45, 2.75) is 19.9 Å². The minimum Gasteiger partial charge on any atom is -0.497 e. The number of thiazole rings is 1. The number of ether oxygens (including phenoxy) is 4. The maximum Gasteiger partial charge on any atom is 0.341 e. The minimum absolute atomic E-state index is 0.178. The molecule has 39 heavy (non-hydrogen) atoms. The maximum atomic E-state index is 13.8. The van der Waals surface area contributed by atoms with Crippen LogP contribution in [0, 0.1) is 3.57 Å². The van der Waals surface area contributed by atoms with Gasteiger partial charge in [-0.15, -0.1) is 0 Å². The molecule has 0 spiro atoms. The number of benzene rings is 2. The van der Waals surface area contributed by atoms with E-state index < -0.39 is 24.6 Å². The highest BCUT2D eigenvalue weighted by molar-refractivity contribution is 14.1. The normalized spacial score (nSPS) is 14.9. The number of methoxy groups -OCH3 is 2. The average Bonchev–Trinajstić information content (AvgIpc) is 3.20. The molecule has 2 aromatic carbocycles. The Kier molecular flexibility index (Phi) is 8.75. The number of fused-ring (bicyclic) bond motifs is 1. The predicted octanol–water partition coefficient (Wildman–Crippen LogP) is 2.88. The largest absolute Gasteiger partial charge is 0.497 e. The summed E-state index contributed by atoms with van der Waals surface area (Å²) in [6.07, 6.45) is 1.70. The third-order valence-electron chi connectivity index (χ3n) is 5.82. The predicted molar refractivity (Wildman–Crippen MR) is 152 cm³/mol. The monoisotopic (exact) mass is 664 g/mol. The highest BCUT2D eigenvalue weighted by atomic mass is 127. The van der Waals surface area contributed by atoms with E-state index in [1.54, 1.807) is 57.4 Å². The van der Waals surface area contributed by atoms with E-state index in [1.807, 2.05) is 28.7 Å². The molecular formula is C27H25IN2O8S. The van der Waals surface area contributed by atoms with Crippen LogP contribution in [0.1, 0.15) is 31.0 Å². The number of halogens is 1. The van der Waals surface area contributed by atoms with Gasteiger partial charge in [0, 0.05) is 0 Å². The van der Waals surface area contributed by atoms with Crippen molar-refractivity contribution < 1.29 is 33.6 Å². The van der Waals surface area contributed by atoms with Crippen LogP contribution in [0.25, 0.3) is 6.08 Å². The zero-order chi connectivity index (χ0) is 28.3. The van der Waals surface area contributed by atoms with Crippen LogP contribution in [0.4, 0.5) is 0 Å². The van der Waals surface area contributed by atoms with Crippen molar-refractivity contribution in [2.75, 3.05) is 27.4 Å². The molecule has 0 saturated carbocycles. The Morgan fingerprint density at radius 2 is 1.97 bits per heavy atom. The first kappa shape index (κ1) is 28.4. The van der Waals surface area contributed by atoms with Crippen LogP contribution in [-0.2, 0) is 14.3 Å². The van der Waals surface area contributed by atoms with Crippen LogP contribution < -0.4 is 29.1 Å². The van der Waals surface area contributed by atoms with Gasteiger partial charge in [0.1, 0.15) is 5.75 Å². The van der Waals surface area contributed by atoms with Crippen LogP contribution in [0.15, 0.2) is 57.5 Å². The molecule has 0 bridgehead atoms. The standard InChI is InChI=1S/C27H25IN2O8S/c1-5-37-26(34)22-14(2)29-27-30(23(22)16-7-6-8-17(12-16)35-3)25(33)20(39-27)11-15-9-18(28)24(19(10-15)36-4)38-13-21(31)32/h6-12,23H,5,13H2,1-4H3,(H,31,32)/b20-11-/t23-/m0/s1. The molecule has 0 aliphatic carbocycles. The topological polar surface area (TPSA) is 126 Å². The van der Waals surface area contributed by atoms with Crippen molar-refractivity contribution in [1.29, 1.82) is 0 Å². The van der Waals surface area contributed by atoms with Gasteiger partial charge in [-0.25, -0.2) is 14.6 Å². The van der Waals surface area contributed by atoms with Gasteiger partial charge in [0.15, 0.2) is 22.9 Å². The minimum atomic E-state index is -1.11. The van der Waals surface area contributed by atoms with Gasteiger partial charge in [0.25, 0.3) is 5.56 Å². The van der Waals surface area contributed by atoms with Crippen molar-refractivity contribution >= 4 is 51.9 Å². The zero-order valence-electron chi connectivity index (χ0n) is 21.5. The van der Waals surface area contributed by atoms with E-state index in [9.17, 15) is 14.4 Å². The molecule has 4 rings (SSSR count). The summed E-state index contributed by atoms with van der Waals surface area (Å²) in [5.74, 6) is -0.443. The van der Waals surface area contributed by atoms with E-state index in [4.69, 9.17) is 24.1 Å². The molecule has 3 aromatic rings. The summed E-state index contributed by atoms with van der Waals surface area (Å²) in [4.78, 5) is 42.9. The first-order valence-electron chi connectivity index (χ1n) is 11.7. The molecule has 1 aliphatic heterocycles. The maximum absolute atomic E-state index is 13.8. The molecule has 12 heteroatoms. The summed E-state index contributed by atoms with van der Waals surface area (Å²) in [7, 11) is 3.00. The van der Waals surface area contributed by atoms with Crippen molar-refractivity contribution in [1.82, 2.24) is 4.57 Å². The lowest BCUT2D eigenvalue weighted by atomic mass is 9.95. The van der Waals surface area contributed by atoms with E-state index in [0.717, 1.165) is 0 Å². The Hall–Kier alpha value is -3.65. The van der Waals surface area contributed by atoms with Crippen LogP contribution >= 0.6 is 33.9 Å². The molecule has 204 valence electrons. The second-order valence-electron chi connectivity index (χ2n) is 8.30. The highest BCUT2D eigenvalue weighted by Gasteiger charge is 2.33. The number of hydrogen-bond acceptors (Lipinski definition) is 9. The fourth-order valence-corrected chi connectivity index (χ4v) is 5.99. The summed E-state index contributed by atoms with van der Waals surface area (Å²) in [5.41, 5.74) is 1.73. The van der Waals surface area contributed by atoms with Crippen LogP contribution in [0.3, 0.4) is 0 Å². The van der Waals surface area contributed by atoms with Gasteiger partial charge in [0.05, 0.1) is 46.2 Å². The first-order chi connectivity index (χ1) is 18.7. The molecule has 0 amide bonds. The van der Waals surface area contributed by atoms with E-state index in [2.05, 4.69) is 4.99 Å². The number of esters is 1. The number of carbonyl (C=O) groups is 2. The summed E-state index contributed by atoms with van der Waals surface area (Å²) in [5, 5.41) is 8.97. The first-order valence-corrected chi connectivity index (χ1v) is 13.6. The van der Waals surface area contributed by atoms with Crippen LogP contribution in [-0.4, -0.2) is 49.0 Å². The van der Waals surface area contributed by atoms with Gasteiger partial charge in [0.2, 0.25) is 0 Å². The second-order valence-corrected chi connectivity index (χ2v) is 10.5. The Balaban J connectivity index is 1.89. The number of carboxylic acids is 1. The van der Waals surface area contributed by atoms with Gasteiger partial charge in [-0.3, -0.25) is 9.36 Å². The quantitative estimate of drug-likeness (QED) is 0.274. The molecule has 1 N–H and O–H groups in total. The van der Waals surface area contributed by atoms with Crippen LogP contribution in [0.2, 0.25) is 0 Å². The van der Waals surface area contributed by atoms with E-state index in [-0.39, 0.29) is 17.7 Å². The zero-order valence-corrected chi connectivity index (χ0v) is 24.5. The molecule has 1 aliphatic rings. The Labute approximate surface area is 240 Å². The number of nitrogens with zero attached hydrogens (tertiary/aromatic N) is 2. The molecule has 0 unspecified atom stereocenters. The average molecular weight is 664 g/mol. The van der Waals surface area contributed by atoms with Gasteiger partial charge >= 0.3 is 11.9 Å². The fourth-order valence-electron chi connectivity index (χ4n) is 4.17. The number of carboxylic acid groups (broad SMARTS) is 1. The lowest BCUT2D eigenvalue weighted by Gasteiger charge is -2.25. The van der Waals surface area contributed by atoms with Gasteiger partial charge in [-0.1, -0.05) is 23.5 Å². The molecule has 1 aromatic heterocycles. The molecule has 0 radical (unpaired) electrons. The lowest BCUT2D eigenvalue weighted by Crippen LogP contribution is -2.39. The number of allylic oxidation sites excluding steroid dienone is 1. The number of aliphatic carboxylic acids is 1. The molecule has 0 saturated heterocycles. The summed E-state index contributed by atoms with van der Waals surface area (Å²) in [6.45, 7) is 3.10. The SMILES string of the molecule is CCOC(=O)C1=C(C)N=c2s/c(=C\c3cc(I)c(OCC(=O)O)c(OC)c3)c(=O)n2[C@H]1c1cccc(OC)c1. The van der Waals surface area contributed by atoms with Crippen molar-refractivity contribution in [3.05, 3.63) is 82.1 Å². The lowest BCUT2D eigenvalue weighted by molar-refractivity contribution is -0.140. The van der Waals surface area contributed by atoms with Gasteiger partial charge in [-0.2, -0.15) is 0 Å². The molecule has 2 heterocycles. The van der Waals surface area contributed by atoms with Crippen LogP contribution in [0.5, 0.6) is 17.2 Å². The smallest absolute Gasteiger partial charge is 0.341 e. The summed E-state index contributed by atoms with van der Waals surface area (Å²) in [6, 6.07) is 9.84. The van der Waals surface area contributed by atoms with E-state index in [0.29, 0.717) is 47.0 Å². The molecular weight excluding hydrogens is 639 g/mol. The Bertz CT molecular complexity index is 1660. The number of carbonyl (C=O) groups excluding carboxylic acids is 1. The van der Waals surface area contributed by atoms with E-state index in [1.165, 1.54) is 23.0 Å². The van der Waals surface area contributed by atoms with Gasteiger partial charge in [-0.05, 0) is 77.9 Å².